The zero-order chi connectivity index (χ0) is 12.3. The van der Waals surface area contributed by atoms with E-state index in [9.17, 15) is 4.79 Å². The van der Waals surface area contributed by atoms with Crippen molar-refractivity contribution in [2.45, 2.75) is 20.4 Å². The summed E-state index contributed by atoms with van der Waals surface area (Å²) in [5, 5.41) is 11.1. The molecule has 1 aromatic rings. The number of piperazine rings is 1. The number of carbonyl (C=O) groups is 1. The van der Waals surface area contributed by atoms with Crippen LogP contribution >= 0.6 is 0 Å². The second-order valence-corrected chi connectivity index (χ2v) is 4.76. The average Bonchev–Trinajstić information content (AvgIpc) is 2.77. The normalized spacial score (nSPS) is 16.5. The van der Waals surface area contributed by atoms with Crippen LogP contribution in [0, 0.1) is 5.92 Å². The van der Waals surface area contributed by atoms with Gasteiger partial charge in [-0.15, -0.1) is 5.10 Å². The fourth-order valence-electron chi connectivity index (χ4n) is 1.89. The molecule has 1 amide bonds. The Hall–Kier alpha value is -1.43. The van der Waals surface area contributed by atoms with Crippen LogP contribution in [0.5, 0.6) is 0 Å². The molecule has 94 valence electrons. The maximum atomic E-state index is 12.1. The van der Waals surface area contributed by atoms with Gasteiger partial charge in [-0.25, -0.2) is 0 Å². The number of hydrogen-bond donors (Lipinski definition) is 1. The molecule has 0 saturated carbocycles. The van der Waals surface area contributed by atoms with Crippen LogP contribution in [0.2, 0.25) is 0 Å². The topological polar surface area (TPSA) is 63.1 Å². The van der Waals surface area contributed by atoms with Crippen LogP contribution in [0.1, 0.15) is 24.3 Å². The van der Waals surface area contributed by atoms with E-state index >= 15 is 0 Å². The minimum Gasteiger partial charge on any atom is -0.335 e. The highest BCUT2D eigenvalue weighted by Gasteiger charge is 2.20. The van der Waals surface area contributed by atoms with E-state index in [1.807, 2.05) is 4.90 Å². The Kier molecular flexibility index (Phi) is 3.73. The molecule has 0 aromatic carbocycles. The molecule has 0 radical (unpaired) electrons. The van der Waals surface area contributed by atoms with E-state index in [1.165, 1.54) is 0 Å². The summed E-state index contributed by atoms with van der Waals surface area (Å²) in [5.74, 6) is 0.486. The molecule has 0 atom stereocenters. The Balaban J connectivity index is 2.01. The van der Waals surface area contributed by atoms with Crippen molar-refractivity contribution in [2.75, 3.05) is 26.2 Å². The fraction of sp³-hybridized carbons (Fsp3) is 0.727. The predicted molar refractivity (Wildman–Crippen MR) is 63.6 cm³/mol. The molecule has 1 N–H and O–H groups in total. The van der Waals surface area contributed by atoms with E-state index < -0.39 is 0 Å². The van der Waals surface area contributed by atoms with Crippen molar-refractivity contribution < 1.29 is 4.79 Å². The number of aromatic nitrogens is 3. The maximum Gasteiger partial charge on any atom is 0.276 e. The van der Waals surface area contributed by atoms with Gasteiger partial charge in [-0.05, 0) is 5.92 Å². The van der Waals surface area contributed by atoms with Crippen molar-refractivity contribution in [3.63, 3.8) is 0 Å². The largest absolute Gasteiger partial charge is 0.335 e. The first kappa shape index (κ1) is 12.0. The molecule has 1 aromatic heterocycles. The Morgan fingerprint density at radius 1 is 1.47 bits per heavy atom. The number of carbonyl (C=O) groups excluding carboxylic acids is 1. The summed E-state index contributed by atoms with van der Waals surface area (Å²) in [6.45, 7) is 8.21. The lowest BCUT2D eigenvalue weighted by atomic mass is 10.2. The summed E-state index contributed by atoms with van der Waals surface area (Å²) < 4.78 is 1.74. The van der Waals surface area contributed by atoms with Crippen molar-refractivity contribution in [3.05, 3.63) is 11.9 Å². The average molecular weight is 237 g/mol. The van der Waals surface area contributed by atoms with Crippen LogP contribution < -0.4 is 5.32 Å². The molecule has 1 aliphatic rings. The van der Waals surface area contributed by atoms with Crippen molar-refractivity contribution in [1.82, 2.24) is 25.2 Å². The Labute approximate surface area is 101 Å². The van der Waals surface area contributed by atoms with E-state index in [4.69, 9.17) is 0 Å². The second kappa shape index (κ2) is 5.27. The molecule has 0 unspecified atom stereocenters. The van der Waals surface area contributed by atoms with Crippen molar-refractivity contribution in [1.29, 1.82) is 0 Å². The van der Waals surface area contributed by atoms with Gasteiger partial charge in [0.05, 0.1) is 6.20 Å². The highest BCUT2D eigenvalue weighted by molar-refractivity contribution is 5.92. The first-order chi connectivity index (χ1) is 8.16. The fourth-order valence-corrected chi connectivity index (χ4v) is 1.89. The van der Waals surface area contributed by atoms with Crippen molar-refractivity contribution >= 4 is 5.91 Å². The highest BCUT2D eigenvalue weighted by Crippen LogP contribution is 2.04. The number of nitrogens with one attached hydrogen (secondary N) is 1. The quantitative estimate of drug-likeness (QED) is 0.802. The van der Waals surface area contributed by atoms with Crippen LogP contribution in [0.25, 0.3) is 0 Å². The molecule has 2 rings (SSSR count). The van der Waals surface area contributed by atoms with Gasteiger partial charge in [-0.1, -0.05) is 19.1 Å². The van der Waals surface area contributed by atoms with Crippen molar-refractivity contribution in [3.8, 4) is 0 Å². The van der Waals surface area contributed by atoms with Gasteiger partial charge >= 0.3 is 0 Å². The van der Waals surface area contributed by atoms with E-state index in [-0.39, 0.29) is 5.91 Å². The number of nitrogens with zero attached hydrogens (tertiary/aromatic N) is 4. The van der Waals surface area contributed by atoms with Gasteiger partial charge in [0.15, 0.2) is 5.69 Å². The Morgan fingerprint density at radius 2 is 2.18 bits per heavy atom. The standard InChI is InChI=1S/C11H19N5O/c1-9(2)7-16-8-10(13-14-16)11(17)15-5-3-12-4-6-15/h8-9,12H,3-7H2,1-2H3. The third-order valence-corrected chi connectivity index (χ3v) is 2.71. The van der Waals surface area contributed by atoms with Gasteiger partial charge in [-0.3, -0.25) is 9.48 Å². The molecule has 0 spiro atoms. The number of rotatable bonds is 3. The predicted octanol–water partition coefficient (Wildman–Crippen LogP) is -0.0205. The summed E-state index contributed by atoms with van der Waals surface area (Å²) in [5.41, 5.74) is 0.451. The lowest BCUT2D eigenvalue weighted by molar-refractivity contribution is 0.0729. The van der Waals surface area contributed by atoms with Gasteiger partial charge < -0.3 is 10.2 Å². The smallest absolute Gasteiger partial charge is 0.276 e. The highest BCUT2D eigenvalue weighted by atomic mass is 16.2. The van der Waals surface area contributed by atoms with E-state index in [2.05, 4.69) is 29.5 Å². The van der Waals surface area contributed by atoms with Crippen LogP contribution in [0.15, 0.2) is 6.20 Å². The van der Waals surface area contributed by atoms with Crippen molar-refractivity contribution in [2.24, 2.45) is 5.92 Å². The lowest BCUT2D eigenvalue weighted by Gasteiger charge is -2.26. The molecule has 0 aliphatic carbocycles. The summed E-state index contributed by atoms with van der Waals surface area (Å²) in [7, 11) is 0. The maximum absolute atomic E-state index is 12.1. The Morgan fingerprint density at radius 3 is 2.82 bits per heavy atom. The Bertz CT molecular complexity index is 381. The summed E-state index contributed by atoms with van der Waals surface area (Å²) in [6, 6.07) is 0. The first-order valence-electron chi connectivity index (χ1n) is 6.07. The van der Waals surface area contributed by atoms with Gasteiger partial charge in [0.25, 0.3) is 5.91 Å². The van der Waals surface area contributed by atoms with Gasteiger partial charge in [0, 0.05) is 32.7 Å². The molecule has 2 heterocycles. The third kappa shape index (κ3) is 3.03. The van der Waals surface area contributed by atoms with Crippen LogP contribution in [0.3, 0.4) is 0 Å². The van der Waals surface area contributed by atoms with Crippen LogP contribution in [-0.4, -0.2) is 52.0 Å². The first-order valence-corrected chi connectivity index (χ1v) is 6.07. The van der Waals surface area contributed by atoms with E-state index in [0.29, 0.717) is 11.6 Å². The summed E-state index contributed by atoms with van der Waals surface area (Å²) in [4.78, 5) is 13.9. The minimum absolute atomic E-state index is 0.0125. The van der Waals surface area contributed by atoms with E-state index in [1.54, 1.807) is 10.9 Å². The molecule has 17 heavy (non-hydrogen) atoms. The lowest BCUT2D eigenvalue weighted by Crippen LogP contribution is -2.46. The molecular formula is C11H19N5O. The second-order valence-electron chi connectivity index (χ2n) is 4.76. The molecule has 1 fully saturated rings. The molecular weight excluding hydrogens is 218 g/mol. The monoisotopic (exact) mass is 237 g/mol. The number of hydrogen-bond acceptors (Lipinski definition) is 4. The van der Waals surface area contributed by atoms with Gasteiger partial charge in [-0.2, -0.15) is 0 Å². The SMILES string of the molecule is CC(C)Cn1cc(C(=O)N2CCNCC2)nn1. The summed E-state index contributed by atoms with van der Waals surface area (Å²) >= 11 is 0. The zero-order valence-corrected chi connectivity index (χ0v) is 10.4. The number of amides is 1. The van der Waals surface area contributed by atoms with Gasteiger partial charge in [0.1, 0.15) is 0 Å². The van der Waals surface area contributed by atoms with E-state index in [0.717, 1.165) is 32.7 Å². The zero-order valence-electron chi connectivity index (χ0n) is 10.4. The molecule has 1 aliphatic heterocycles. The summed E-state index contributed by atoms with van der Waals surface area (Å²) in [6.07, 6.45) is 1.74. The molecule has 6 nitrogen and oxygen atoms in total. The van der Waals surface area contributed by atoms with Crippen LogP contribution in [0.4, 0.5) is 0 Å². The molecule has 1 saturated heterocycles. The third-order valence-electron chi connectivity index (χ3n) is 2.71. The molecule has 0 bridgehead atoms. The molecule has 6 heteroatoms. The minimum atomic E-state index is -0.0125. The van der Waals surface area contributed by atoms with Gasteiger partial charge in [0.2, 0.25) is 0 Å². The van der Waals surface area contributed by atoms with Crippen LogP contribution in [-0.2, 0) is 6.54 Å².